The molecule has 0 aliphatic rings. The van der Waals surface area contributed by atoms with E-state index < -0.39 is 0 Å². The number of aromatic nitrogens is 2. The molecule has 1 atom stereocenters. The summed E-state index contributed by atoms with van der Waals surface area (Å²) in [6.07, 6.45) is 5.88. The second kappa shape index (κ2) is 8.73. The maximum absolute atomic E-state index is 11.8. The molecule has 0 radical (unpaired) electrons. The first kappa shape index (κ1) is 16.7. The molecule has 0 aliphatic carbocycles. The highest BCUT2D eigenvalue weighted by molar-refractivity contribution is 5.80. The summed E-state index contributed by atoms with van der Waals surface area (Å²) < 4.78 is 1.91. The highest BCUT2D eigenvalue weighted by Crippen LogP contribution is 1.99. The molecule has 1 aromatic carbocycles. The number of carbonyl (C=O) groups excluding carboxylic acids is 2. The minimum Gasteiger partial charge on any atom is -0.355 e. The Morgan fingerprint density at radius 1 is 1.22 bits per heavy atom. The third kappa shape index (κ3) is 6.34. The molecule has 1 aromatic heterocycles. The fourth-order valence-corrected chi connectivity index (χ4v) is 2.26. The van der Waals surface area contributed by atoms with Gasteiger partial charge in [0.25, 0.3) is 0 Å². The fraction of sp³-hybridized carbons (Fsp3) is 0.353. The van der Waals surface area contributed by atoms with Crippen molar-refractivity contribution in [3.05, 3.63) is 54.6 Å². The van der Waals surface area contributed by atoms with E-state index in [1.165, 1.54) is 0 Å². The first-order chi connectivity index (χ1) is 11.1. The Bertz CT molecular complexity index is 611. The van der Waals surface area contributed by atoms with E-state index in [9.17, 15) is 9.59 Å². The number of benzene rings is 1. The molecule has 1 heterocycles. The molecule has 6 nitrogen and oxygen atoms in total. The molecule has 0 saturated heterocycles. The first-order valence-electron chi connectivity index (χ1n) is 7.69. The fourth-order valence-electron chi connectivity index (χ4n) is 2.26. The standard InChI is InChI=1S/C17H22N4O2/c1-14(12-21-10-9-18-13-21)20-16(22)7-8-19-17(23)11-15-5-3-2-4-6-15/h2-6,9-10,13-14H,7-8,11-12H2,1H3,(H,19,23)(H,20,22)/t14-/m0/s1. The molecule has 0 unspecified atom stereocenters. The van der Waals surface area contributed by atoms with E-state index in [2.05, 4.69) is 15.6 Å². The van der Waals surface area contributed by atoms with Gasteiger partial charge in [0.15, 0.2) is 0 Å². The predicted octanol–water partition coefficient (Wildman–Crippen LogP) is 1.14. The van der Waals surface area contributed by atoms with Crippen LogP contribution in [0.25, 0.3) is 0 Å². The van der Waals surface area contributed by atoms with Crippen LogP contribution in [0.2, 0.25) is 0 Å². The van der Waals surface area contributed by atoms with Gasteiger partial charge in [-0.2, -0.15) is 0 Å². The normalized spacial score (nSPS) is 11.7. The van der Waals surface area contributed by atoms with Gasteiger partial charge in [0, 0.05) is 37.9 Å². The van der Waals surface area contributed by atoms with Gasteiger partial charge < -0.3 is 15.2 Å². The minimum absolute atomic E-state index is 0.0109. The van der Waals surface area contributed by atoms with Crippen LogP contribution in [-0.2, 0) is 22.6 Å². The Morgan fingerprint density at radius 3 is 2.70 bits per heavy atom. The molecule has 23 heavy (non-hydrogen) atoms. The van der Waals surface area contributed by atoms with Gasteiger partial charge in [0.05, 0.1) is 12.7 Å². The molecule has 0 spiro atoms. The number of nitrogens with one attached hydrogen (secondary N) is 2. The molecule has 2 rings (SSSR count). The van der Waals surface area contributed by atoms with Crippen molar-refractivity contribution in [2.75, 3.05) is 6.54 Å². The Hall–Kier alpha value is -2.63. The number of imidazole rings is 1. The summed E-state index contributed by atoms with van der Waals surface area (Å²) in [7, 11) is 0. The summed E-state index contributed by atoms with van der Waals surface area (Å²) in [4.78, 5) is 27.6. The molecule has 2 N–H and O–H groups in total. The van der Waals surface area contributed by atoms with E-state index >= 15 is 0 Å². The summed E-state index contributed by atoms with van der Waals surface area (Å²) in [5.41, 5.74) is 0.961. The van der Waals surface area contributed by atoms with Crippen molar-refractivity contribution in [3.8, 4) is 0 Å². The van der Waals surface area contributed by atoms with Crippen molar-refractivity contribution in [1.29, 1.82) is 0 Å². The van der Waals surface area contributed by atoms with Crippen LogP contribution in [-0.4, -0.2) is 34.0 Å². The highest BCUT2D eigenvalue weighted by atomic mass is 16.2. The zero-order valence-corrected chi connectivity index (χ0v) is 13.2. The minimum atomic E-state index is -0.0736. The van der Waals surface area contributed by atoms with Crippen molar-refractivity contribution >= 4 is 11.8 Å². The lowest BCUT2D eigenvalue weighted by molar-refractivity contribution is -0.122. The van der Waals surface area contributed by atoms with Gasteiger partial charge in [0.1, 0.15) is 0 Å². The number of hydrogen-bond acceptors (Lipinski definition) is 3. The van der Waals surface area contributed by atoms with E-state index in [0.29, 0.717) is 19.5 Å². The Labute approximate surface area is 135 Å². The van der Waals surface area contributed by atoms with Crippen molar-refractivity contribution in [2.45, 2.75) is 32.4 Å². The lowest BCUT2D eigenvalue weighted by Crippen LogP contribution is -2.37. The second-order valence-electron chi connectivity index (χ2n) is 5.49. The summed E-state index contributed by atoms with van der Waals surface area (Å²) in [5, 5.41) is 5.67. The van der Waals surface area contributed by atoms with E-state index in [1.54, 1.807) is 12.5 Å². The first-order valence-corrected chi connectivity index (χ1v) is 7.69. The van der Waals surface area contributed by atoms with Gasteiger partial charge in [-0.05, 0) is 12.5 Å². The van der Waals surface area contributed by atoms with E-state index in [0.717, 1.165) is 5.56 Å². The van der Waals surface area contributed by atoms with Crippen LogP contribution in [0.5, 0.6) is 0 Å². The van der Waals surface area contributed by atoms with E-state index in [-0.39, 0.29) is 24.3 Å². The Balaban J connectivity index is 1.61. The third-order valence-corrected chi connectivity index (χ3v) is 3.33. The van der Waals surface area contributed by atoms with E-state index in [4.69, 9.17) is 0 Å². The number of carbonyl (C=O) groups is 2. The quantitative estimate of drug-likeness (QED) is 0.767. The second-order valence-corrected chi connectivity index (χ2v) is 5.49. The number of nitrogens with zero attached hydrogens (tertiary/aromatic N) is 2. The van der Waals surface area contributed by atoms with Crippen LogP contribution >= 0.6 is 0 Å². The molecule has 0 fully saturated rings. The molecule has 2 amide bonds. The summed E-state index contributed by atoms with van der Waals surface area (Å²) in [6, 6.07) is 9.54. The SMILES string of the molecule is C[C@@H](Cn1ccnc1)NC(=O)CCNC(=O)Cc1ccccc1. The lowest BCUT2D eigenvalue weighted by atomic mass is 10.1. The summed E-state index contributed by atoms with van der Waals surface area (Å²) in [5.74, 6) is -0.145. The lowest BCUT2D eigenvalue weighted by Gasteiger charge is -2.14. The predicted molar refractivity (Wildman–Crippen MR) is 87.6 cm³/mol. The molecular formula is C17H22N4O2. The van der Waals surface area contributed by atoms with Gasteiger partial charge in [0.2, 0.25) is 11.8 Å². The van der Waals surface area contributed by atoms with Crippen LogP contribution in [0.3, 0.4) is 0 Å². The number of rotatable bonds is 8. The molecule has 122 valence electrons. The summed E-state index contributed by atoms with van der Waals surface area (Å²) in [6.45, 7) is 2.95. The van der Waals surface area contributed by atoms with Crippen LogP contribution in [0.4, 0.5) is 0 Å². The topological polar surface area (TPSA) is 76.0 Å². The van der Waals surface area contributed by atoms with Crippen molar-refractivity contribution in [2.24, 2.45) is 0 Å². The highest BCUT2D eigenvalue weighted by Gasteiger charge is 2.09. The van der Waals surface area contributed by atoms with Gasteiger partial charge in [-0.15, -0.1) is 0 Å². The molecule has 2 aromatic rings. The van der Waals surface area contributed by atoms with Crippen molar-refractivity contribution in [1.82, 2.24) is 20.2 Å². The van der Waals surface area contributed by atoms with Gasteiger partial charge in [-0.3, -0.25) is 9.59 Å². The smallest absolute Gasteiger partial charge is 0.224 e. The molecule has 6 heteroatoms. The van der Waals surface area contributed by atoms with Crippen LogP contribution in [0.1, 0.15) is 18.9 Å². The largest absolute Gasteiger partial charge is 0.355 e. The van der Waals surface area contributed by atoms with E-state index in [1.807, 2.05) is 48.0 Å². The zero-order valence-electron chi connectivity index (χ0n) is 13.2. The molecule has 0 saturated carbocycles. The monoisotopic (exact) mass is 314 g/mol. The number of amides is 2. The van der Waals surface area contributed by atoms with Gasteiger partial charge in [-0.25, -0.2) is 4.98 Å². The Morgan fingerprint density at radius 2 is 2.00 bits per heavy atom. The van der Waals surface area contributed by atoms with Crippen LogP contribution in [0.15, 0.2) is 49.1 Å². The summed E-state index contributed by atoms with van der Waals surface area (Å²) >= 11 is 0. The maximum Gasteiger partial charge on any atom is 0.224 e. The molecule has 0 aliphatic heterocycles. The zero-order chi connectivity index (χ0) is 16.5. The number of hydrogen-bond donors (Lipinski definition) is 2. The average Bonchev–Trinajstić information content (AvgIpc) is 3.00. The van der Waals surface area contributed by atoms with Gasteiger partial charge in [-0.1, -0.05) is 30.3 Å². The molecule has 0 bridgehead atoms. The molecular weight excluding hydrogens is 292 g/mol. The van der Waals surface area contributed by atoms with Crippen LogP contribution < -0.4 is 10.6 Å². The van der Waals surface area contributed by atoms with Crippen molar-refractivity contribution in [3.63, 3.8) is 0 Å². The Kier molecular flexibility index (Phi) is 6.35. The van der Waals surface area contributed by atoms with Crippen LogP contribution in [0, 0.1) is 0 Å². The van der Waals surface area contributed by atoms with Crippen molar-refractivity contribution < 1.29 is 9.59 Å². The van der Waals surface area contributed by atoms with Gasteiger partial charge >= 0.3 is 0 Å². The average molecular weight is 314 g/mol. The third-order valence-electron chi connectivity index (χ3n) is 3.33. The maximum atomic E-state index is 11.8.